The molecule has 2 saturated carbocycles. The molecular formula is C19H26N2. The molecule has 0 radical (unpaired) electrons. The summed E-state index contributed by atoms with van der Waals surface area (Å²) in [6, 6.07) is 2.35. The van der Waals surface area contributed by atoms with E-state index in [-0.39, 0.29) is 0 Å². The lowest BCUT2D eigenvalue weighted by Crippen LogP contribution is -2.07. The summed E-state index contributed by atoms with van der Waals surface area (Å²) in [5.74, 6) is 1.85. The zero-order valence-corrected chi connectivity index (χ0v) is 12.9. The van der Waals surface area contributed by atoms with E-state index in [0.717, 1.165) is 11.8 Å². The second-order valence-corrected chi connectivity index (χ2v) is 7.11. The van der Waals surface area contributed by atoms with Gasteiger partial charge in [-0.05, 0) is 54.7 Å². The Morgan fingerprint density at radius 2 is 1.95 bits per heavy atom. The molecular weight excluding hydrogens is 256 g/mol. The van der Waals surface area contributed by atoms with Crippen molar-refractivity contribution in [2.45, 2.75) is 70.1 Å². The van der Waals surface area contributed by atoms with Gasteiger partial charge in [-0.3, -0.25) is 0 Å². The molecule has 0 atom stereocenters. The molecule has 0 aliphatic heterocycles. The van der Waals surface area contributed by atoms with Crippen molar-refractivity contribution in [1.82, 2.24) is 9.38 Å². The summed E-state index contributed by atoms with van der Waals surface area (Å²) in [6.07, 6.45) is 20.4. The maximum absolute atomic E-state index is 4.34. The number of pyridine rings is 1. The van der Waals surface area contributed by atoms with Gasteiger partial charge in [-0.1, -0.05) is 38.5 Å². The molecule has 0 unspecified atom stereocenters. The molecule has 2 fully saturated rings. The van der Waals surface area contributed by atoms with Crippen molar-refractivity contribution in [3.63, 3.8) is 0 Å². The van der Waals surface area contributed by atoms with Crippen LogP contribution in [0, 0.1) is 5.92 Å². The number of fused-ring (bicyclic) bond motifs is 1. The van der Waals surface area contributed by atoms with E-state index in [2.05, 4.69) is 27.8 Å². The summed E-state index contributed by atoms with van der Waals surface area (Å²) in [5, 5.41) is 0. The van der Waals surface area contributed by atoms with Crippen LogP contribution in [0.5, 0.6) is 0 Å². The third-order valence-electron chi connectivity index (χ3n) is 5.52. The highest BCUT2D eigenvalue weighted by Gasteiger charge is 2.27. The van der Waals surface area contributed by atoms with Crippen molar-refractivity contribution in [2.24, 2.45) is 5.92 Å². The zero-order chi connectivity index (χ0) is 14.1. The Morgan fingerprint density at radius 3 is 2.76 bits per heavy atom. The number of aryl methyl sites for hydroxylation is 1. The molecule has 112 valence electrons. The Balaban J connectivity index is 1.48. The Morgan fingerprint density at radius 1 is 1.10 bits per heavy atom. The van der Waals surface area contributed by atoms with Crippen LogP contribution in [-0.2, 0) is 6.42 Å². The van der Waals surface area contributed by atoms with Crippen molar-refractivity contribution >= 4 is 5.52 Å². The number of hydrogen-bond acceptors (Lipinski definition) is 1. The zero-order valence-electron chi connectivity index (χ0n) is 12.9. The molecule has 0 N–H and O–H groups in total. The highest BCUT2D eigenvalue weighted by molar-refractivity contribution is 5.58. The summed E-state index contributed by atoms with van der Waals surface area (Å²) >= 11 is 0. The molecule has 0 saturated heterocycles. The Labute approximate surface area is 127 Å². The van der Waals surface area contributed by atoms with E-state index in [4.69, 9.17) is 0 Å². The Bertz CT molecular complexity index is 603. The first-order valence-corrected chi connectivity index (χ1v) is 8.85. The van der Waals surface area contributed by atoms with E-state index in [1.165, 1.54) is 69.7 Å². The van der Waals surface area contributed by atoms with E-state index in [1.54, 1.807) is 11.1 Å². The molecule has 2 heteroatoms. The largest absolute Gasteiger partial charge is 0.306 e. The first-order chi connectivity index (χ1) is 10.4. The SMILES string of the molecule is c1cn2cncc2c(CCCC2CCCCC2)c1C1CC1. The topological polar surface area (TPSA) is 17.3 Å². The first-order valence-electron chi connectivity index (χ1n) is 8.85. The van der Waals surface area contributed by atoms with Crippen LogP contribution in [0.1, 0.15) is 74.8 Å². The van der Waals surface area contributed by atoms with Gasteiger partial charge >= 0.3 is 0 Å². The van der Waals surface area contributed by atoms with Crippen molar-refractivity contribution in [1.29, 1.82) is 0 Å². The monoisotopic (exact) mass is 282 g/mol. The molecule has 2 aliphatic rings. The fourth-order valence-corrected chi connectivity index (χ4v) is 4.16. The lowest BCUT2D eigenvalue weighted by atomic mass is 9.85. The minimum atomic E-state index is 0.842. The molecule has 0 bridgehead atoms. The van der Waals surface area contributed by atoms with Crippen LogP contribution in [0.15, 0.2) is 24.8 Å². The highest BCUT2D eigenvalue weighted by atomic mass is 15.0. The maximum Gasteiger partial charge on any atom is 0.0992 e. The summed E-state index contributed by atoms with van der Waals surface area (Å²) in [6.45, 7) is 0. The molecule has 4 rings (SSSR count). The van der Waals surface area contributed by atoms with Gasteiger partial charge in [0, 0.05) is 6.20 Å². The summed E-state index contributed by atoms with van der Waals surface area (Å²) in [5.41, 5.74) is 4.56. The first kappa shape index (κ1) is 13.4. The van der Waals surface area contributed by atoms with Gasteiger partial charge in [-0.25, -0.2) is 4.98 Å². The number of rotatable bonds is 5. The summed E-state index contributed by atoms with van der Waals surface area (Å²) in [7, 11) is 0. The van der Waals surface area contributed by atoms with Crippen LogP contribution in [0.25, 0.3) is 5.52 Å². The smallest absolute Gasteiger partial charge is 0.0992 e. The maximum atomic E-state index is 4.34. The van der Waals surface area contributed by atoms with Gasteiger partial charge in [0.2, 0.25) is 0 Å². The van der Waals surface area contributed by atoms with E-state index < -0.39 is 0 Å². The second kappa shape index (κ2) is 5.82. The standard InChI is InChI=1S/C19H26N2/c1-2-5-15(6-3-1)7-4-8-18-17(16-9-10-16)11-12-21-14-20-13-19(18)21/h11-16H,1-10H2. The van der Waals surface area contributed by atoms with Crippen molar-refractivity contribution < 1.29 is 0 Å². The van der Waals surface area contributed by atoms with Gasteiger partial charge < -0.3 is 4.40 Å². The van der Waals surface area contributed by atoms with Gasteiger partial charge in [-0.2, -0.15) is 0 Å². The minimum absolute atomic E-state index is 0.842. The Hall–Kier alpha value is -1.31. The normalized spacial score (nSPS) is 20.2. The van der Waals surface area contributed by atoms with Crippen LogP contribution < -0.4 is 0 Å². The molecule has 2 aromatic rings. The van der Waals surface area contributed by atoms with Gasteiger partial charge in [0.1, 0.15) is 0 Å². The van der Waals surface area contributed by atoms with E-state index in [0.29, 0.717) is 0 Å². The van der Waals surface area contributed by atoms with E-state index in [9.17, 15) is 0 Å². The number of hydrogen-bond donors (Lipinski definition) is 0. The molecule has 2 aliphatic carbocycles. The number of nitrogens with zero attached hydrogens (tertiary/aromatic N) is 2. The van der Waals surface area contributed by atoms with Crippen LogP contribution in [0.2, 0.25) is 0 Å². The average molecular weight is 282 g/mol. The number of aromatic nitrogens is 2. The molecule has 0 amide bonds. The van der Waals surface area contributed by atoms with Crippen LogP contribution in [-0.4, -0.2) is 9.38 Å². The molecule has 2 nitrogen and oxygen atoms in total. The van der Waals surface area contributed by atoms with Crippen molar-refractivity contribution in [3.8, 4) is 0 Å². The average Bonchev–Trinajstić information content (AvgIpc) is 3.25. The second-order valence-electron chi connectivity index (χ2n) is 7.11. The molecule has 0 aromatic carbocycles. The van der Waals surface area contributed by atoms with Crippen molar-refractivity contribution in [3.05, 3.63) is 35.9 Å². The van der Waals surface area contributed by atoms with Crippen LogP contribution in [0.4, 0.5) is 0 Å². The van der Waals surface area contributed by atoms with E-state index in [1.807, 2.05) is 6.33 Å². The lowest BCUT2D eigenvalue weighted by Gasteiger charge is -2.21. The quantitative estimate of drug-likeness (QED) is 0.744. The molecule has 21 heavy (non-hydrogen) atoms. The van der Waals surface area contributed by atoms with Crippen LogP contribution >= 0.6 is 0 Å². The summed E-state index contributed by atoms with van der Waals surface area (Å²) < 4.78 is 2.20. The van der Waals surface area contributed by atoms with Gasteiger partial charge in [0.25, 0.3) is 0 Å². The molecule has 2 aromatic heterocycles. The number of imidazole rings is 1. The minimum Gasteiger partial charge on any atom is -0.306 e. The fourth-order valence-electron chi connectivity index (χ4n) is 4.16. The molecule has 0 spiro atoms. The summed E-state index contributed by atoms with van der Waals surface area (Å²) in [4.78, 5) is 4.34. The van der Waals surface area contributed by atoms with Crippen LogP contribution in [0.3, 0.4) is 0 Å². The Kier molecular flexibility index (Phi) is 3.71. The third kappa shape index (κ3) is 2.86. The van der Waals surface area contributed by atoms with Gasteiger partial charge in [0.05, 0.1) is 18.0 Å². The fraction of sp³-hybridized carbons (Fsp3) is 0.632. The highest BCUT2D eigenvalue weighted by Crippen LogP contribution is 2.43. The van der Waals surface area contributed by atoms with E-state index >= 15 is 0 Å². The predicted octanol–water partition coefficient (Wildman–Crippen LogP) is 5.11. The third-order valence-corrected chi connectivity index (χ3v) is 5.52. The van der Waals surface area contributed by atoms with Gasteiger partial charge in [-0.15, -0.1) is 0 Å². The van der Waals surface area contributed by atoms with Gasteiger partial charge in [0.15, 0.2) is 0 Å². The predicted molar refractivity (Wildman–Crippen MR) is 86.7 cm³/mol. The lowest BCUT2D eigenvalue weighted by molar-refractivity contribution is 0.332. The van der Waals surface area contributed by atoms with Crippen molar-refractivity contribution in [2.75, 3.05) is 0 Å². The molecule has 2 heterocycles.